The maximum Gasteiger partial charge on any atom is 0.338 e. The Balaban J connectivity index is 1.48. The van der Waals surface area contributed by atoms with Crippen molar-refractivity contribution in [3.8, 4) is 0 Å². The van der Waals surface area contributed by atoms with Gasteiger partial charge in [0.2, 0.25) is 5.91 Å². The van der Waals surface area contributed by atoms with Crippen LogP contribution in [0.15, 0.2) is 42.5 Å². The van der Waals surface area contributed by atoms with Crippen LogP contribution in [-0.4, -0.2) is 42.9 Å². The van der Waals surface area contributed by atoms with Gasteiger partial charge in [-0.05, 0) is 54.7 Å². The Morgan fingerprint density at radius 3 is 2.64 bits per heavy atom. The smallest absolute Gasteiger partial charge is 0.338 e. The van der Waals surface area contributed by atoms with E-state index in [1.165, 1.54) is 17.5 Å². The molecule has 2 aromatic rings. The van der Waals surface area contributed by atoms with E-state index in [0.717, 1.165) is 24.8 Å². The molecule has 0 atom stereocenters. The Hall–Kier alpha value is -2.86. The molecule has 0 aliphatic heterocycles. The highest BCUT2D eigenvalue weighted by atomic mass is 35.5. The van der Waals surface area contributed by atoms with E-state index in [0.29, 0.717) is 16.3 Å². The average molecular weight is 401 g/mol. The number of aryl methyl sites for hydroxylation is 2. The number of carbonyl (C=O) groups is 3. The Morgan fingerprint density at radius 2 is 1.86 bits per heavy atom. The SMILES string of the molecule is CN(CC(=O)Nc1ccccc1Cl)C(=O)COC(=O)c1ccc2c(c1)CCC2. The molecular weight excluding hydrogens is 380 g/mol. The summed E-state index contributed by atoms with van der Waals surface area (Å²) in [7, 11) is 1.47. The number of likely N-dealkylation sites (N-methyl/N-ethyl adjacent to an activating group) is 1. The van der Waals surface area contributed by atoms with Crippen molar-refractivity contribution in [3.63, 3.8) is 0 Å². The zero-order chi connectivity index (χ0) is 20.1. The van der Waals surface area contributed by atoms with Gasteiger partial charge in [-0.25, -0.2) is 4.79 Å². The lowest BCUT2D eigenvalue weighted by Crippen LogP contribution is -2.37. The number of amides is 2. The number of ether oxygens (including phenoxy) is 1. The molecule has 6 nitrogen and oxygen atoms in total. The number of hydrogen-bond acceptors (Lipinski definition) is 4. The first-order valence-corrected chi connectivity index (χ1v) is 9.39. The molecule has 3 rings (SSSR count). The van der Waals surface area contributed by atoms with E-state index in [2.05, 4.69) is 5.32 Å². The summed E-state index contributed by atoms with van der Waals surface area (Å²) in [6.45, 7) is -0.605. The summed E-state index contributed by atoms with van der Waals surface area (Å²) >= 11 is 5.99. The molecule has 0 fully saturated rings. The molecule has 7 heteroatoms. The van der Waals surface area contributed by atoms with Crippen molar-refractivity contribution in [2.45, 2.75) is 19.3 Å². The van der Waals surface area contributed by atoms with E-state index < -0.39 is 24.4 Å². The van der Waals surface area contributed by atoms with Gasteiger partial charge in [0.1, 0.15) is 0 Å². The standard InChI is InChI=1S/C21H21ClN2O4/c1-24(12-19(25)23-18-8-3-2-7-17(18)22)20(26)13-28-21(27)16-10-9-14-5-4-6-15(14)11-16/h2-3,7-11H,4-6,12-13H2,1H3,(H,23,25). The fraction of sp³-hybridized carbons (Fsp3) is 0.286. The molecule has 0 spiro atoms. The summed E-state index contributed by atoms with van der Waals surface area (Å²) < 4.78 is 5.11. The fourth-order valence-electron chi connectivity index (χ4n) is 3.08. The summed E-state index contributed by atoms with van der Waals surface area (Å²) in [6.07, 6.45) is 3.08. The van der Waals surface area contributed by atoms with Crippen LogP contribution in [0.3, 0.4) is 0 Å². The number of anilines is 1. The molecule has 1 aliphatic rings. The fourth-order valence-corrected chi connectivity index (χ4v) is 3.26. The highest BCUT2D eigenvalue weighted by molar-refractivity contribution is 6.33. The Bertz CT molecular complexity index is 913. The maximum absolute atomic E-state index is 12.2. The van der Waals surface area contributed by atoms with Gasteiger partial charge in [-0.2, -0.15) is 0 Å². The minimum Gasteiger partial charge on any atom is -0.452 e. The lowest BCUT2D eigenvalue weighted by molar-refractivity contribution is -0.136. The van der Waals surface area contributed by atoms with Gasteiger partial charge in [0, 0.05) is 7.05 Å². The largest absolute Gasteiger partial charge is 0.452 e. The van der Waals surface area contributed by atoms with Crippen LogP contribution in [0.2, 0.25) is 5.02 Å². The van der Waals surface area contributed by atoms with E-state index in [-0.39, 0.29) is 6.54 Å². The van der Waals surface area contributed by atoms with Crippen LogP contribution in [0, 0.1) is 0 Å². The van der Waals surface area contributed by atoms with Crippen LogP contribution < -0.4 is 5.32 Å². The number of hydrogen-bond donors (Lipinski definition) is 1. The van der Waals surface area contributed by atoms with Crippen LogP contribution in [0.1, 0.15) is 27.9 Å². The quantitative estimate of drug-likeness (QED) is 0.756. The van der Waals surface area contributed by atoms with Crippen molar-refractivity contribution in [1.29, 1.82) is 0 Å². The molecule has 1 N–H and O–H groups in total. The van der Waals surface area contributed by atoms with Gasteiger partial charge in [0.05, 0.1) is 22.8 Å². The first-order chi connectivity index (χ1) is 13.4. The van der Waals surface area contributed by atoms with Crippen LogP contribution in [0.5, 0.6) is 0 Å². The van der Waals surface area contributed by atoms with E-state index in [4.69, 9.17) is 16.3 Å². The summed E-state index contributed by atoms with van der Waals surface area (Å²) in [4.78, 5) is 37.6. The highest BCUT2D eigenvalue weighted by Gasteiger charge is 2.18. The number of nitrogens with one attached hydrogen (secondary N) is 1. The van der Waals surface area contributed by atoms with Crippen LogP contribution >= 0.6 is 11.6 Å². The number of benzene rings is 2. The van der Waals surface area contributed by atoms with Gasteiger partial charge < -0.3 is 15.0 Å². The molecule has 0 unspecified atom stereocenters. The van der Waals surface area contributed by atoms with Gasteiger partial charge in [-0.15, -0.1) is 0 Å². The Labute approximate surface area is 168 Å². The second kappa shape index (κ2) is 8.89. The molecule has 0 heterocycles. The molecule has 0 bridgehead atoms. The van der Waals surface area contributed by atoms with Gasteiger partial charge in [0.25, 0.3) is 5.91 Å². The molecule has 146 valence electrons. The summed E-state index contributed by atoms with van der Waals surface area (Å²) in [5, 5.41) is 3.05. The van der Waals surface area contributed by atoms with Crippen molar-refractivity contribution >= 4 is 35.1 Å². The third-order valence-electron chi connectivity index (χ3n) is 4.62. The van der Waals surface area contributed by atoms with E-state index in [1.54, 1.807) is 30.3 Å². The number of esters is 1. The minimum absolute atomic E-state index is 0.180. The molecule has 28 heavy (non-hydrogen) atoms. The van der Waals surface area contributed by atoms with Crippen molar-refractivity contribution in [2.75, 3.05) is 25.5 Å². The maximum atomic E-state index is 12.2. The minimum atomic E-state index is -0.544. The zero-order valence-corrected chi connectivity index (χ0v) is 16.3. The average Bonchev–Trinajstić information content (AvgIpc) is 3.15. The topological polar surface area (TPSA) is 75.7 Å². The van der Waals surface area contributed by atoms with Gasteiger partial charge in [0.15, 0.2) is 6.61 Å². The molecule has 0 saturated heterocycles. The third kappa shape index (κ3) is 4.89. The molecule has 0 aromatic heterocycles. The summed E-state index contributed by atoms with van der Waals surface area (Å²) in [5.74, 6) is -1.41. The molecule has 1 aliphatic carbocycles. The predicted molar refractivity (Wildman–Crippen MR) is 106 cm³/mol. The van der Waals surface area contributed by atoms with Gasteiger partial charge in [-0.3, -0.25) is 9.59 Å². The number of halogens is 1. The molecule has 2 amide bonds. The normalized spacial score (nSPS) is 12.2. The molecule has 2 aromatic carbocycles. The van der Waals surface area contributed by atoms with Crippen molar-refractivity contribution in [3.05, 3.63) is 64.2 Å². The van der Waals surface area contributed by atoms with Crippen LogP contribution in [0.4, 0.5) is 5.69 Å². The van der Waals surface area contributed by atoms with E-state index >= 15 is 0 Å². The Kier molecular flexibility index (Phi) is 6.31. The second-order valence-corrected chi connectivity index (χ2v) is 7.10. The van der Waals surface area contributed by atoms with E-state index in [1.807, 2.05) is 12.1 Å². The monoisotopic (exact) mass is 400 g/mol. The van der Waals surface area contributed by atoms with E-state index in [9.17, 15) is 14.4 Å². The number of fused-ring (bicyclic) bond motifs is 1. The lowest BCUT2D eigenvalue weighted by Gasteiger charge is -2.17. The van der Waals surface area contributed by atoms with Crippen LogP contribution in [0.25, 0.3) is 0 Å². The number of rotatable bonds is 6. The van der Waals surface area contributed by atoms with Crippen molar-refractivity contribution in [1.82, 2.24) is 4.90 Å². The Morgan fingerprint density at radius 1 is 1.11 bits per heavy atom. The van der Waals surface area contributed by atoms with Crippen LogP contribution in [-0.2, 0) is 27.2 Å². The number of carbonyl (C=O) groups excluding carboxylic acids is 3. The third-order valence-corrected chi connectivity index (χ3v) is 4.95. The molecular formula is C21H21ClN2O4. The predicted octanol–water partition coefficient (Wildman–Crippen LogP) is 3.08. The summed E-state index contributed by atoms with van der Waals surface area (Å²) in [6, 6.07) is 12.3. The van der Waals surface area contributed by atoms with Gasteiger partial charge >= 0.3 is 5.97 Å². The number of para-hydroxylation sites is 1. The zero-order valence-electron chi connectivity index (χ0n) is 15.5. The van der Waals surface area contributed by atoms with Gasteiger partial charge in [-0.1, -0.05) is 29.8 Å². The first-order valence-electron chi connectivity index (χ1n) is 9.01. The first kappa shape index (κ1) is 19.9. The van der Waals surface area contributed by atoms with Crippen molar-refractivity contribution in [2.24, 2.45) is 0 Å². The second-order valence-electron chi connectivity index (χ2n) is 6.69. The lowest BCUT2D eigenvalue weighted by atomic mass is 10.1. The number of nitrogens with zero attached hydrogens (tertiary/aromatic N) is 1. The molecule has 0 radical (unpaired) electrons. The van der Waals surface area contributed by atoms with Crippen molar-refractivity contribution < 1.29 is 19.1 Å². The molecule has 0 saturated carbocycles. The summed E-state index contributed by atoms with van der Waals surface area (Å²) in [5.41, 5.74) is 3.33. The highest BCUT2D eigenvalue weighted by Crippen LogP contribution is 2.23.